The summed E-state index contributed by atoms with van der Waals surface area (Å²) in [6, 6.07) is 0. The van der Waals surface area contributed by atoms with E-state index in [-0.39, 0.29) is 33.5 Å². The molecule has 0 bridgehead atoms. The lowest BCUT2D eigenvalue weighted by molar-refractivity contribution is -0.155. The molecule has 0 aromatic heterocycles. The first-order valence-corrected chi connectivity index (χ1v) is 9.24. The Kier molecular flexibility index (Phi) is 4.61. The van der Waals surface area contributed by atoms with E-state index >= 15 is 0 Å². The predicted molar refractivity (Wildman–Crippen MR) is 97.5 cm³/mol. The van der Waals surface area contributed by atoms with Crippen molar-refractivity contribution in [3.8, 4) is 0 Å². The zero-order valence-corrected chi connectivity index (χ0v) is 17.0. The third-order valence-electron chi connectivity index (χ3n) is 5.45. The molecular weight excluding hydrogens is 300 g/mol. The van der Waals surface area contributed by atoms with Crippen molar-refractivity contribution in [1.82, 2.24) is 9.80 Å². The quantitative estimate of drug-likeness (QED) is 0.791. The van der Waals surface area contributed by atoms with Gasteiger partial charge in [-0.2, -0.15) is 0 Å². The van der Waals surface area contributed by atoms with Gasteiger partial charge in [-0.1, -0.05) is 55.4 Å². The molecule has 2 heterocycles. The Morgan fingerprint density at radius 2 is 0.958 bits per heavy atom. The van der Waals surface area contributed by atoms with Gasteiger partial charge in [0.2, 0.25) is 11.8 Å². The third-order valence-corrected chi connectivity index (χ3v) is 5.45. The van der Waals surface area contributed by atoms with Gasteiger partial charge in [0, 0.05) is 37.0 Å². The van der Waals surface area contributed by atoms with Crippen LogP contribution in [0.25, 0.3) is 0 Å². The van der Waals surface area contributed by atoms with Gasteiger partial charge in [-0.05, 0) is 23.7 Å². The number of hydrogen-bond acceptors (Lipinski definition) is 2. The Morgan fingerprint density at radius 3 is 1.25 bits per heavy atom. The molecule has 2 rings (SSSR count). The standard InChI is InChI=1S/C20H36N2O2/c1-17(2)11-19(5,6)15(23)21(13-17)9-10-22-14-18(3,4)12-20(7,8)16(22)24/h9-14H2,1-8H3. The van der Waals surface area contributed by atoms with Crippen LogP contribution in [-0.4, -0.2) is 47.8 Å². The van der Waals surface area contributed by atoms with Gasteiger partial charge in [0.15, 0.2) is 0 Å². The van der Waals surface area contributed by atoms with Gasteiger partial charge in [-0.15, -0.1) is 0 Å². The molecule has 2 amide bonds. The van der Waals surface area contributed by atoms with Gasteiger partial charge in [-0.25, -0.2) is 0 Å². The molecule has 138 valence electrons. The van der Waals surface area contributed by atoms with Gasteiger partial charge in [0.1, 0.15) is 0 Å². The normalized spacial score (nSPS) is 28.2. The number of carbonyl (C=O) groups excluding carboxylic acids is 2. The van der Waals surface area contributed by atoms with Gasteiger partial charge >= 0.3 is 0 Å². The highest BCUT2D eigenvalue weighted by molar-refractivity contribution is 5.84. The highest BCUT2D eigenvalue weighted by Gasteiger charge is 2.46. The fourth-order valence-corrected chi connectivity index (χ4v) is 5.29. The van der Waals surface area contributed by atoms with Crippen LogP contribution in [-0.2, 0) is 9.59 Å². The van der Waals surface area contributed by atoms with Crippen molar-refractivity contribution in [2.24, 2.45) is 21.7 Å². The maximum atomic E-state index is 12.8. The molecular formula is C20H36N2O2. The second-order valence-electron chi connectivity index (χ2n) is 10.9. The minimum absolute atomic E-state index is 0.127. The summed E-state index contributed by atoms with van der Waals surface area (Å²) in [4.78, 5) is 29.5. The van der Waals surface area contributed by atoms with Gasteiger partial charge in [0.25, 0.3) is 0 Å². The number of nitrogens with zero attached hydrogens (tertiary/aromatic N) is 2. The highest BCUT2D eigenvalue weighted by atomic mass is 16.2. The first kappa shape index (κ1) is 19.3. The maximum Gasteiger partial charge on any atom is 0.228 e. The molecule has 0 saturated carbocycles. The summed E-state index contributed by atoms with van der Waals surface area (Å²) in [7, 11) is 0. The topological polar surface area (TPSA) is 40.6 Å². The molecule has 2 aliphatic rings. The monoisotopic (exact) mass is 336 g/mol. The summed E-state index contributed by atoms with van der Waals surface area (Å²) in [6.07, 6.45) is 1.83. The molecule has 0 atom stereocenters. The molecule has 0 unspecified atom stereocenters. The van der Waals surface area contributed by atoms with Crippen LogP contribution in [0.3, 0.4) is 0 Å². The van der Waals surface area contributed by atoms with Crippen LogP contribution in [0, 0.1) is 21.7 Å². The van der Waals surface area contributed by atoms with Crippen molar-refractivity contribution in [3.63, 3.8) is 0 Å². The fourth-order valence-electron chi connectivity index (χ4n) is 5.29. The summed E-state index contributed by atoms with van der Waals surface area (Å²) in [6.45, 7) is 19.9. The largest absolute Gasteiger partial charge is 0.340 e. The van der Waals surface area contributed by atoms with Crippen LogP contribution in [0.5, 0.6) is 0 Å². The minimum Gasteiger partial charge on any atom is -0.340 e. The molecule has 0 N–H and O–H groups in total. The molecule has 0 aromatic rings. The third kappa shape index (κ3) is 3.94. The second kappa shape index (κ2) is 5.74. The van der Waals surface area contributed by atoms with E-state index in [9.17, 15) is 9.59 Å². The number of hydrogen-bond donors (Lipinski definition) is 0. The van der Waals surface area contributed by atoms with Gasteiger partial charge in [0.05, 0.1) is 0 Å². The average molecular weight is 337 g/mol. The number of carbonyl (C=O) groups is 2. The Hall–Kier alpha value is -1.06. The first-order valence-electron chi connectivity index (χ1n) is 9.24. The Bertz CT molecular complexity index is 484. The molecule has 2 saturated heterocycles. The molecule has 0 aliphatic carbocycles. The molecule has 0 spiro atoms. The zero-order valence-electron chi connectivity index (χ0n) is 17.0. The second-order valence-corrected chi connectivity index (χ2v) is 10.9. The molecule has 24 heavy (non-hydrogen) atoms. The van der Waals surface area contributed by atoms with Crippen LogP contribution in [0.4, 0.5) is 0 Å². The van der Waals surface area contributed by atoms with Gasteiger partial charge < -0.3 is 9.80 Å². The number of likely N-dealkylation sites (tertiary alicyclic amines) is 2. The van der Waals surface area contributed by atoms with E-state index in [0.29, 0.717) is 13.1 Å². The van der Waals surface area contributed by atoms with Crippen molar-refractivity contribution in [1.29, 1.82) is 0 Å². The number of rotatable bonds is 3. The predicted octanol–water partition coefficient (Wildman–Crippen LogP) is 3.56. The zero-order chi connectivity index (χ0) is 18.6. The van der Waals surface area contributed by atoms with Crippen molar-refractivity contribution >= 4 is 11.8 Å². The van der Waals surface area contributed by atoms with Crippen molar-refractivity contribution in [2.75, 3.05) is 26.2 Å². The fraction of sp³-hybridized carbons (Fsp3) is 0.900. The number of piperidine rings is 2. The van der Waals surface area contributed by atoms with E-state index in [4.69, 9.17) is 0 Å². The lowest BCUT2D eigenvalue weighted by Crippen LogP contribution is -2.57. The molecule has 0 aromatic carbocycles. The average Bonchev–Trinajstić information content (AvgIpc) is 2.34. The molecule has 2 fully saturated rings. The van der Waals surface area contributed by atoms with E-state index in [1.54, 1.807) is 0 Å². The van der Waals surface area contributed by atoms with Gasteiger partial charge in [-0.3, -0.25) is 9.59 Å². The summed E-state index contributed by atoms with van der Waals surface area (Å²) in [5, 5.41) is 0. The van der Waals surface area contributed by atoms with E-state index in [1.807, 2.05) is 37.5 Å². The lowest BCUT2D eigenvalue weighted by atomic mass is 9.70. The Morgan fingerprint density at radius 1 is 0.667 bits per heavy atom. The van der Waals surface area contributed by atoms with E-state index in [1.165, 1.54) is 0 Å². The first-order chi connectivity index (χ1) is 10.7. The summed E-state index contributed by atoms with van der Waals surface area (Å²) < 4.78 is 0. The Balaban J connectivity index is 2.09. The van der Waals surface area contributed by atoms with Crippen LogP contribution >= 0.6 is 0 Å². The lowest BCUT2D eigenvalue weighted by Gasteiger charge is -2.49. The smallest absolute Gasteiger partial charge is 0.228 e. The molecule has 0 radical (unpaired) electrons. The van der Waals surface area contributed by atoms with E-state index in [0.717, 1.165) is 25.9 Å². The summed E-state index contributed by atoms with van der Waals surface area (Å²) in [5.74, 6) is 0.453. The maximum absolute atomic E-state index is 12.8. The highest BCUT2D eigenvalue weighted by Crippen LogP contribution is 2.42. The summed E-state index contributed by atoms with van der Waals surface area (Å²) >= 11 is 0. The van der Waals surface area contributed by atoms with E-state index < -0.39 is 0 Å². The molecule has 4 nitrogen and oxygen atoms in total. The van der Waals surface area contributed by atoms with Crippen molar-refractivity contribution < 1.29 is 9.59 Å². The van der Waals surface area contributed by atoms with Crippen LogP contribution in [0.15, 0.2) is 0 Å². The molecule has 2 aliphatic heterocycles. The summed E-state index contributed by atoms with van der Waals surface area (Å²) in [5.41, 5.74) is -0.373. The van der Waals surface area contributed by atoms with Crippen LogP contribution in [0.1, 0.15) is 68.2 Å². The van der Waals surface area contributed by atoms with Crippen LogP contribution in [0.2, 0.25) is 0 Å². The number of amides is 2. The van der Waals surface area contributed by atoms with Crippen LogP contribution < -0.4 is 0 Å². The van der Waals surface area contributed by atoms with Crippen molar-refractivity contribution in [2.45, 2.75) is 68.2 Å². The van der Waals surface area contributed by atoms with Crippen molar-refractivity contribution in [3.05, 3.63) is 0 Å². The SMILES string of the molecule is CC1(C)CN(CCN2CC(C)(C)CC(C)(C)C2=O)C(=O)C(C)(C)C1. The minimum atomic E-state index is -0.313. The van der Waals surface area contributed by atoms with E-state index in [2.05, 4.69) is 27.7 Å². The Labute approximate surface area is 148 Å². The molecule has 4 heteroatoms.